The summed E-state index contributed by atoms with van der Waals surface area (Å²) in [5, 5.41) is 3.10. The van der Waals surface area contributed by atoms with Gasteiger partial charge in [0.05, 0.1) is 50.1 Å². The van der Waals surface area contributed by atoms with E-state index in [1.165, 1.54) is 6.07 Å². The minimum atomic E-state index is -4.81. The normalized spacial score (nSPS) is 12.4. The number of fused-ring (bicyclic) bond motifs is 6. The molecule has 3 aromatic heterocycles. The van der Waals surface area contributed by atoms with Crippen LogP contribution >= 0.6 is 0 Å². The lowest BCUT2D eigenvalue weighted by atomic mass is 9.98. The molecule has 0 bridgehead atoms. The van der Waals surface area contributed by atoms with Crippen molar-refractivity contribution in [3.8, 4) is 67.8 Å². The molecule has 0 atom stereocenters. The zero-order chi connectivity index (χ0) is 53.7. The second-order valence-corrected chi connectivity index (χ2v) is 19.3. The van der Waals surface area contributed by atoms with Crippen LogP contribution in [0.15, 0.2) is 188 Å². The third-order valence-electron chi connectivity index (χ3n) is 13.9. The standard InChI is InChI=1S/C63H40F9N5/c1-35-17-23-54(76-52-15-9-7-13-46(52)48-21-18-39(32-56(48)76)41-25-36(2)27-44(30-41)62(67,68)69)50(29-35)59-73-58(38-11-5-4-6-12-38)74-60(75-59)51-34-43(61(64,65)66)20-24-55(51)77-53-16-10-8-14-47(53)49-22-19-40(33-57(49)77)42-26-37(3)28-45(31-42)63(70,71)72/h4-34H,1-3H3. The molecule has 0 N–H and O–H groups in total. The van der Waals surface area contributed by atoms with E-state index in [0.29, 0.717) is 72.1 Å². The molecule has 3 heterocycles. The van der Waals surface area contributed by atoms with Gasteiger partial charge in [0.1, 0.15) is 0 Å². The van der Waals surface area contributed by atoms with Crippen LogP contribution in [-0.4, -0.2) is 24.1 Å². The highest BCUT2D eigenvalue weighted by Crippen LogP contribution is 2.44. The van der Waals surface area contributed by atoms with Crippen molar-refractivity contribution in [3.63, 3.8) is 0 Å². The molecule has 12 aromatic rings. The molecular formula is C63H40F9N5. The molecule has 0 unspecified atom stereocenters. The van der Waals surface area contributed by atoms with Gasteiger partial charge in [-0.2, -0.15) is 39.5 Å². The van der Waals surface area contributed by atoms with Crippen LogP contribution in [0.2, 0.25) is 0 Å². The van der Waals surface area contributed by atoms with Crippen LogP contribution in [0.4, 0.5) is 39.5 Å². The Kier molecular flexibility index (Phi) is 11.5. The summed E-state index contributed by atoms with van der Waals surface area (Å²) in [7, 11) is 0. The molecule has 0 aliphatic carbocycles. The van der Waals surface area contributed by atoms with Crippen LogP contribution in [0.1, 0.15) is 33.4 Å². The highest BCUT2D eigenvalue weighted by molar-refractivity contribution is 6.12. The number of aromatic nitrogens is 5. The molecule has 0 amide bonds. The van der Waals surface area contributed by atoms with E-state index in [1.807, 2.05) is 90.4 Å². The lowest BCUT2D eigenvalue weighted by Crippen LogP contribution is -2.09. The molecule has 0 aliphatic rings. The fourth-order valence-electron chi connectivity index (χ4n) is 10.5. The Morgan fingerprint density at radius 3 is 1.22 bits per heavy atom. The van der Waals surface area contributed by atoms with Gasteiger partial charge in [-0.1, -0.05) is 115 Å². The van der Waals surface area contributed by atoms with Gasteiger partial charge in [0, 0.05) is 38.2 Å². The number of aryl methyl sites for hydroxylation is 3. The molecule has 380 valence electrons. The van der Waals surface area contributed by atoms with Crippen molar-refractivity contribution < 1.29 is 39.5 Å². The van der Waals surface area contributed by atoms with E-state index in [4.69, 9.17) is 15.0 Å². The van der Waals surface area contributed by atoms with E-state index >= 15 is 13.2 Å². The maximum Gasteiger partial charge on any atom is 0.416 e. The van der Waals surface area contributed by atoms with Crippen molar-refractivity contribution in [2.24, 2.45) is 0 Å². The first-order chi connectivity index (χ1) is 36.8. The molecule has 5 nitrogen and oxygen atoms in total. The monoisotopic (exact) mass is 1040 g/mol. The lowest BCUT2D eigenvalue weighted by molar-refractivity contribution is -0.138. The Bertz CT molecular complexity index is 4340. The molecule has 9 aromatic carbocycles. The zero-order valence-corrected chi connectivity index (χ0v) is 41.0. The molecule has 0 saturated carbocycles. The van der Waals surface area contributed by atoms with Crippen molar-refractivity contribution in [2.45, 2.75) is 39.3 Å². The van der Waals surface area contributed by atoms with Gasteiger partial charge < -0.3 is 9.13 Å². The molecule has 0 spiro atoms. The lowest BCUT2D eigenvalue weighted by Gasteiger charge is -2.18. The second-order valence-electron chi connectivity index (χ2n) is 19.3. The second kappa shape index (κ2) is 18.1. The Morgan fingerprint density at radius 2 is 0.727 bits per heavy atom. The van der Waals surface area contributed by atoms with Gasteiger partial charge in [-0.25, -0.2) is 15.0 Å². The smallest absolute Gasteiger partial charge is 0.308 e. The van der Waals surface area contributed by atoms with E-state index < -0.39 is 35.2 Å². The largest absolute Gasteiger partial charge is 0.416 e. The number of para-hydroxylation sites is 2. The summed E-state index contributed by atoms with van der Waals surface area (Å²) in [6.07, 6.45) is -14.0. The minimum absolute atomic E-state index is 0.0179. The highest BCUT2D eigenvalue weighted by Gasteiger charge is 2.34. The Balaban J connectivity index is 1.12. The Labute approximate surface area is 434 Å². The van der Waals surface area contributed by atoms with E-state index in [2.05, 4.69) is 0 Å². The fraction of sp³-hybridized carbons (Fsp3) is 0.0952. The maximum absolute atomic E-state index is 15.1. The van der Waals surface area contributed by atoms with E-state index in [1.54, 1.807) is 85.1 Å². The van der Waals surface area contributed by atoms with Gasteiger partial charge >= 0.3 is 18.5 Å². The van der Waals surface area contributed by atoms with E-state index in [0.717, 1.165) is 63.6 Å². The van der Waals surface area contributed by atoms with Crippen LogP contribution in [0, 0.1) is 20.8 Å². The summed E-state index contributed by atoms with van der Waals surface area (Å²) >= 11 is 0. The highest BCUT2D eigenvalue weighted by atomic mass is 19.4. The Hall–Kier alpha value is -9.04. The van der Waals surface area contributed by atoms with Gasteiger partial charge in [0.15, 0.2) is 17.5 Å². The van der Waals surface area contributed by atoms with Crippen molar-refractivity contribution in [2.75, 3.05) is 0 Å². The van der Waals surface area contributed by atoms with E-state index in [-0.39, 0.29) is 28.7 Å². The third-order valence-corrected chi connectivity index (χ3v) is 13.9. The Morgan fingerprint density at radius 1 is 0.299 bits per heavy atom. The van der Waals surface area contributed by atoms with Crippen molar-refractivity contribution in [3.05, 3.63) is 221 Å². The number of benzene rings is 9. The number of hydrogen-bond acceptors (Lipinski definition) is 3. The fourth-order valence-corrected chi connectivity index (χ4v) is 10.5. The first kappa shape index (κ1) is 48.9. The van der Waals surface area contributed by atoms with Crippen molar-refractivity contribution >= 4 is 43.6 Å². The average molecular weight is 1040 g/mol. The predicted octanol–water partition coefficient (Wildman–Crippen LogP) is 18.4. The number of alkyl halides is 9. The molecule has 14 heteroatoms. The summed E-state index contributed by atoms with van der Waals surface area (Å²) < 4.78 is 134. The number of halogens is 9. The summed E-state index contributed by atoms with van der Waals surface area (Å²) in [6.45, 7) is 5.08. The molecule has 77 heavy (non-hydrogen) atoms. The SMILES string of the molecule is Cc1cc(-c2ccc3c4ccccc4n(-c4ccc(C)cc4-c4nc(-c5ccccc5)nc(-c5cc(C(F)(F)F)ccc5-n5c6ccccc6c6ccc(-c7cc(C)cc(C(F)(F)F)c7)cc65)n4)c3c2)cc(C(F)(F)F)c1. The molecule has 0 aliphatic heterocycles. The van der Waals surface area contributed by atoms with Gasteiger partial charge in [-0.05, 0) is 133 Å². The summed E-state index contributed by atoms with van der Waals surface area (Å²) in [6, 6.07) is 51.5. The maximum atomic E-state index is 15.1. The summed E-state index contributed by atoms with van der Waals surface area (Å²) in [5.74, 6) is 0.147. The molecule has 0 fully saturated rings. The number of hydrogen-bond donors (Lipinski definition) is 0. The predicted molar refractivity (Wildman–Crippen MR) is 285 cm³/mol. The van der Waals surface area contributed by atoms with Crippen LogP contribution in [0.25, 0.3) is 111 Å². The molecule has 0 radical (unpaired) electrons. The quantitative estimate of drug-likeness (QED) is 0.149. The summed E-state index contributed by atoms with van der Waals surface area (Å²) in [5.41, 5.74) is 5.06. The van der Waals surface area contributed by atoms with Gasteiger partial charge in [-0.15, -0.1) is 0 Å². The van der Waals surface area contributed by atoms with Crippen molar-refractivity contribution in [1.82, 2.24) is 24.1 Å². The third kappa shape index (κ3) is 8.82. The zero-order valence-electron chi connectivity index (χ0n) is 41.0. The molecule has 12 rings (SSSR count). The van der Waals surface area contributed by atoms with Crippen LogP contribution < -0.4 is 0 Å². The minimum Gasteiger partial charge on any atom is -0.308 e. The summed E-state index contributed by atoms with van der Waals surface area (Å²) in [4.78, 5) is 15.1. The van der Waals surface area contributed by atoms with Crippen LogP contribution in [0.5, 0.6) is 0 Å². The van der Waals surface area contributed by atoms with Crippen LogP contribution in [-0.2, 0) is 18.5 Å². The van der Waals surface area contributed by atoms with E-state index in [9.17, 15) is 26.3 Å². The van der Waals surface area contributed by atoms with Gasteiger partial charge in [-0.3, -0.25) is 0 Å². The van der Waals surface area contributed by atoms with Crippen molar-refractivity contribution in [1.29, 1.82) is 0 Å². The molecular weight excluding hydrogens is 998 g/mol. The molecule has 0 saturated heterocycles. The topological polar surface area (TPSA) is 48.5 Å². The average Bonchev–Trinajstić information content (AvgIpc) is 4.12. The first-order valence-corrected chi connectivity index (χ1v) is 24.4. The van der Waals surface area contributed by atoms with Gasteiger partial charge in [0.25, 0.3) is 0 Å². The number of rotatable bonds is 7. The van der Waals surface area contributed by atoms with Crippen LogP contribution in [0.3, 0.4) is 0 Å². The first-order valence-electron chi connectivity index (χ1n) is 24.4. The number of nitrogens with zero attached hydrogens (tertiary/aromatic N) is 5. The van der Waals surface area contributed by atoms with Gasteiger partial charge in [0.2, 0.25) is 0 Å².